The molecule has 5 aliphatic heterocycles. The molecule has 13 rings (SSSR count). The van der Waals surface area contributed by atoms with E-state index in [-0.39, 0.29) is 159 Å². The van der Waals surface area contributed by atoms with Gasteiger partial charge in [-0.1, -0.05) is 25.7 Å². The molecule has 13 heterocycles. The number of hydrogen-bond donors (Lipinski definition) is 6. The topological polar surface area (TPSA) is 515 Å². The fourth-order valence-corrected chi connectivity index (χ4v) is 15.8. The van der Waals surface area contributed by atoms with E-state index >= 15 is 0 Å². The molecule has 0 saturated carbocycles. The van der Waals surface area contributed by atoms with E-state index in [2.05, 4.69) is 59.8 Å². The second kappa shape index (κ2) is 33.3. The molecule has 20 atom stereocenters. The Balaban J connectivity index is 0.000000240. The number of aliphatic hydroxyl groups is 3. The minimum absolute atomic E-state index is 0. The van der Waals surface area contributed by atoms with Crippen LogP contribution in [0.5, 0.6) is 0 Å². The summed E-state index contributed by atoms with van der Waals surface area (Å²) in [4.78, 5) is 86.8. The van der Waals surface area contributed by atoms with E-state index < -0.39 is 153 Å². The number of fused-ring (bicyclic) bond motifs is 7. The number of rotatable bonds is 15. The molecule has 0 aliphatic carbocycles. The maximum atomic E-state index is 13.7. The number of nitrogens with two attached hydrogens (primary N) is 2. The number of aliphatic hydroxyl groups excluding tert-OH is 3. The minimum atomic E-state index is -5.31. The monoisotopic (exact) mass is 1520 g/mol. The molecule has 4 unspecified atom stereocenters. The van der Waals surface area contributed by atoms with Crippen molar-refractivity contribution in [3.05, 3.63) is 62.0 Å². The maximum Gasteiger partial charge on any atom is 1.00 e. The van der Waals surface area contributed by atoms with Gasteiger partial charge >= 0.3 is 126 Å². The predicted octanol–water partition coefficient (Wildman–Crippen LogP) is -11.4. The van der Waals surface area contributed by atoms with Gasteiger partial charge in [0.15, 0.2) is 59.7 Å². The van der Waals surface area contributed by atoms with Gasteiger partial charge in [-0.2, -0.15) is 0 Å². The summed E-state index contributed by atoms with van der Waals surface area (Å²) in [5.41, 5.74) is 15.9. The standard InChI is InChI=1S/C25H35N9O12P2.C24H31N9O9P2S2.4Na/c1-11(2)43-19-17(35)14(44-24(19)34-10-32-16-21(26)28-8-30-23(16)34)6-42-48(39,40)46-20-18(36)13(5-41-47(4,37)38)45-25(20)33-9-31-15-12(3)27-7-29-22(15)33;1-10(2)14-18-13(40-23(14)32-8-30-15-11(3)26-6-28-21(15)32)5-38-44(36,46)42-19-17(34)12(4-37-43(35,45)41-18)39-24(19)33-9-31-16-20(25)27-7-29-22(16)33;;;;/h7-11,13-14,17-20,24-25,35-36H,5-6H2,1-4H3,(H,37,38)(H,39,40)(H2,26,28,30);6-10,12-14,17-19,23-24,34H,4-5H2,1-3H3,(H,35,45)(H,36,46)(H2,25,27,29);;;;/q;;4*+1/p-3/t13-,14-,17-,18-,19-,20-,24-,25-;12-,13-,14-,17-,18-,19-,23-,24-,43?,44?;;;;/m11..../s1. The Morgan fingerprint density at radius 3 is 1.57 bits per heavy atom. The van der Waals surface area contributed by atoms with E-state index in [0.29, 0.717) is 39.2 Å². The van der Waals surface area contributed by atoms with Gasteiger partial charge in [0, 0.05) is 12.6 Å². The van der Waals surface area contributed by atoms with Gasteiger partial charge in [-0.15, -0.1) is 0 Å². The average molecular weight is 1520 g/mol. The zero-order valence-electron chi connectivity index (χ0n) is 54.5. The van der Waals surface area contributed by atoms with Crippen LogP contribution in [0.2, 0.25) is 0 Å². The molecule has 5 fully saturated rings. The number of nitrogen functional groups attached to an aromatic ring is 2. The van der Waals surface area contributed by atoms with Crippen LogP contribution in [0.4, 0.5) is 11.6 Å². The molecule has 0 aromatic carbocycles. The van der Waals surface area contributed by atoms with E-state index in [1.54, 1.807) is 31.7 Å². The molecule has 5 aliphatic rings. The van der Waals surface area contributed by atoms with Gasteiger partial charge in [-0.25, -0.2) is 59.8 Å². The summed E-state index contributed by atoms with van der Waals surface area (Å²) >= 11 is 10.6. The number of anilines is 2. The second-order valence-corrected chi connectivity index (χ2v) is 31.6. The zero-order chi connectivity index (χ0) is 67.1. The molecule has 0 amide bonds. The van der Waals surface area contributed by atoms with E-state index in [1.165, 1.54) is 58.0 Å². The van der Waals surface area contributed by atoms with Gasteiger partial charge in [-0.3, -0.25) is 32.0 Å². The number of aromatic nitrogens is 16. The Bertz CT molecular complexity index is 4310. The van der Waals surface area contributed by atoms with Crippen molar-refractivity contribution in [1.82, 2.24) is 78.1 Å². The Labute approximate surface area is 655 Å². The van der Waals surface area contributed by atoms with Crippen molar-refractivity contribution in [3.63, 3.8) is 0 Å². The third-order valence-electron chi connectivity index (χ3n) is 15.9. The minimum Gasteiger partial charge on any atom is -0.780 e. The summed E-state index contributed by atoms with van der Waals surface area (Å²) in [5.74, 6) is -0.371. The molecule has 0 spiro atoms. The van der Waals surface area contributed by atoms with Crippen LogP contribution in [0, 0.1) is 25.7 Å². The van der Waals surface area contributed by atoms with E-state index in [1.807, 2.05) is 20.8 Å². The van der Waals surface area contributed by atoms with Gasteiger partial charge in [0.1, 0.15) is 127 Å². The van der Waals surface area contributed by atoms with Crippen molar-refractivity contribution in [2.24, 2.45) is 11.8 Å². The zero-order valence-corrected chi connectivity index (χ0v) is 67.7. The van der Waals surface area contributed by atoms with Crippen molar-refractivity contribution in [2.45, 2.75) is 140 Å². The van der Waals surface area contributed by atoms with Crippen LogP contribution in [-0.4, -0.2) is 205 Å². The number of aryl methyl sites for hydroxylation is 2. The SMILES string of the molecule is Cc1ncnc2c1ncn2[C@@H]1O[C@@H]2COP([O-])(=S)O[C@@H]3[C@H](O)[C@@H](COP(=O)([S-])O[C@H]2[C@H]1C(C)C)O[C@H]3n1cnc2c(N)ncnc21.Cc1ncnc2c1ncn2[C@@H]1O[C@H](COP(C)(=O)O)[C@@H](O)[C@H]1OP(=O)([O-])OC[C@H]1O[C@@H](n2cnc3c(N)ncnc32)[C@H](OC(C)C)[C@@H]1O.[Na+].[Na+].[Na+].[Na+]. The predicted molar refractivity (Wildman–Crippen MR) is 323 cm³/mol. The van der Waals surface area contributed by atoms with E-state index in [4.69, 9.17) is 90.9 Å². The molecule has 39 nitrogen and oxygen atoms in total. The van der Waals surface area contributed by atoms with Crippen molar-refractivity contribution in [3.8, 4) is 0 Å². The fraction of sp³-hybridized carbons (Fsp3) is 0.592. The first kappa shape index (κ1) is 82.4. The average Bonchev–Trinajstić information content (AvgIpc) is 1.62. The van der Waals surface area contributed by atoms with Gasteiger partial charge < -0.3 is 109 Å². The molecule has 2 bridgehead atoms. The molecule has 0 radical (unpaired) electrons. The number of ether oxygens (including phenoxy) is 5. The molecule has 8 N–H and O–H groups in total. The van der Waals surface area contributed by atoms with Crippen LogP contribution in [0.25, 0.3) is 44.7 Å². The van der Waals surface area contributed by atoms with Crippen molar-refractivity contribution < 1.29 is 217 Å². The van der Waals surface area contributed by atoms with Gasteiger partial charge in [0.2, 0.25) is 0 Å². The quantitative estimate of drug-likeness (QED) is 0.0315. The third-order valence-corrected chi connectivity index (χ3v) is 20.6. The Hall–Kier alpha value is -1.23. The van der Waals surface area contributed by atoms with E-state index in [0.717, 1.165) is 6.66 Å². The number of imidazole rings is 4. The first-order valence-electron chi connectivity index (χ1n) is 28.8. The summed E-state index contributed by atoms with van der Waals surface area (Å²) in [6.45, 7) is 1.03. The largest absolute Gasteiger partial charge is 1.00 e. The van der Waals surface area contributed by atoms with Crippen LogP contribution in [0.15, 0.2) is 50.6 Å². The van der Waals surface area contributed by atoms with Gasteiger partial charge in [0.05, 0.1) is 69.2 Å². The summed E-state index contributed by atoms with van der Waals surface area (Å²) in [6, 6.07) is 0. The third kappa shape index (κ3) is 17.6. The first-order valence-corrected chi connectivity index (χ1v) is 37.4. The van der Waals surface area contributed by atoms with Crippen LogP contribution in [0.1, 0.15) is 64.0 Å². The van der Waals surface area contributed by atoms with Crippen LogP contribution in [-0.2, 0) is 93.1 Å². The Kier molecular flexibility index (Phi) is 28.0. The van der Waals surface area contributed by atoms with Crippen LogP contribution >= 0.6 is 28.9 Å². The number of phosphoric acid groups is 1. The van der Waals surface area contributed by atoms with Crippen molar-refractivity contribution in [1.29, 1.82) is 0 Å². The maximum absolute atomic E-state index is 13.7. The van der Waals surface area contributed by atoms with Crippen LogP contribution in [0.3, 0.4) is 0 Å². The Morgan fingerprint density at radius 2 is 1.06 bits per heavy atom. The van der Waals surface area contributed by atoms with E-state index in [9.17, 15) is 43.7 Å². The van der Waals surface area contributed by atoms with Crippen molar-refractivity contribution >= 4 is 109 Å². The molecule has 8 aromatic heterocycles. The number of nitrogens with zero attached hydrogens (tertiary/aromatic N) is 16. The number of phosphoric ester groups is 1. The van der Waals surface area contributed by atoms with Crippen LogP contribution < -0.4 is 139 Å². The summed E-state index contributed by atoms with van der Waals surface area (Å²) in [7, 11) is -9.30. The van der Waals surface area contributed by atoms with Crippen molar-refractivity contribution in [2.75, 3.05) is 44.6 Å². The smallest absolute Gasteiger partial charge is 0.780 e. The normalized spacial score (nSPS) is 32.4. The molecular formula is C49H63N18Na4O21P4S2+. The summed E-state index contributed by atoms with van der Waals surface area (Å²) < 4.78 is 114. The molecule has 49 heteroatoms. The summed E-state index contributed by atoms with van der Waals surface area (Å²) in [5, 5.41) is 33.5. The van der Waals surface area contributed by atoms with Gasteiger partial charge in [-0.05, 0) is 33.6 Å². The fourth-order valence-electron chi connectivity index (χ4n) is 11.6. The molecule has 510 valence electrons. The molecule has 5 saturated heterocycles. The number of hydrogen-bond acceptors (Lipinski definition) is 36. The molecule has 98 heavy (non-hydrogen) atoms. The van der Waals surface area contributed by atoms with Gasteiger partial charge in [0.25, 0.3) is 7.82 Å². The Morgan fingerprint density at radius 1 is 0.622 bits per heavy atom. The molecular weight excluding hydrogens is 1460 g/mol. The first-order chi connectivity index (χ1) is 44.5. The second-order valence-electron chi connectivity index (χ2n) is 23.0. The summed E-state index contributed by atoms with van der Waals surface area (Å²) in [6.07, 6.45) is -8.17. The molecule has 8 aromatic rings.